The molecule has 0 aliphatic carbocycles. The predicted octanol–water partition coefficient (Wildman–Crippen LogP) is 2.09. The first-order valence-corrected chi connectivity index (χ1v) is 8.11. The maximum atomic E-state index is 12.1. The van der Waals surface area contributed by atoms with Gasteiger partial charge in [0.05, 0.1) is 0 Å². The zero-order valence-electron chi connectivity index (χ0n) is 13.1. The highest BCUT2D eigenvalue weighted by Gasteiger charge is 2.15. The van der Waals surface area contributed by atoms with E-state index in [1.54, 1.807) is 17.1 Å². The molecule has 3 rings (SSSR count). The zero-order chi connectivity index (χ0) is 15.9. The number of rotatable bonds is 6. The summed E-state index contributed by atoms with van der Waals surface area (Å²) in [5, 5.41) is 7.19. The van der Waals surface area contributed by atoms with Crippen LogP contribution in [-0.4, -0.2) is 33.9 Å². The van der Waals surface area contributed by atoms with Crippen LogP contribution in [0.5, 0.6) is 0 Å². The molecule has 0 bridgehead atoms. The second-order valence-corrected chi connectivity index (χ2v) is 5.81. The molecule has 1 aliphatic heterocycles. The second kappa shape index (κ2) is 7.87. The van der Waals surface area contributed by atoms with E-state index in [1.807, 2.05) is 24.4 Å². The largest absolute Gasteiger partial charge is 0.381 e. The highest BCUT2D eigenvalue weighted by atomic mass is 16.5. The number of carbonyl (C=O) groups is 1. The van der Waals surface area contributed by atoms with Crippen LogP contribution in [0, 0.1) is 5.92 Å². The molecule has 0 radical (unpaired) electrons. The van der Waals surface area contributed by atoms with Crippen LogP contribution in [0.2, 0.25) is 0 Å². The number of hydrogen-bond acceptors (Lipinski definition) is 4. The molecule has 0 unspecified atom stereocenters. The Balaban J connectivity index is 1.51. The topological polar surface area (TPSA) is 69.0 Å². The maximum Gasteiger partial charge on any atom is 0.220 e. The lowest BCUT2D eigenvalue weighted by molar-refractivity contribution is -0.121. The lowest BCUT2D eigenvalue weighted by Crippen LogP contribution is -2.25. The number of ether oxygens (including phenoxy) is 1. The molecule has 1 saturated heterocycles. The van der Waals surface area contributed by atoms with Crippen molar-refractivity contribution in [2.24, 2.45) is 5.92 Å². The van der Waals surface area contributed by atoms with Gasteiger partial charge in [-0.15, -0.1) is 0 Å². The summed E-state index contributed by atoms with van der Waals surface area (Å²) in [7, 11) is 0. The molecule has 2 aromatic heterocycles. The molecule has 1 fully saturated rings. The molecule has 0 atom stereocenters. The number of hydrogen-bond donors (Lipinski definition) is 1. The van der Waals surface area contributed by atoms with Gasteiger partial charge in [0.25, 0.3) is 0 Å². The lowest BCUT2D eigenvalue weighted by Gasteiger charge is -2.21. The van der Waals surface area contributed by atoms with Gasteiger partial charge in [-0.05, 0) is 37.3 Å². The molecule has 3 heterocycles. The van der Waals surface area contributed by atoms with Crippen molar-refractivity contribution in [3.8, 4) is 5.82 Å². The minimum Gasteiger partial charge on any atom is -0.381 e. The number of nitrogens with zero attached hydrogens (tertiary/aromatic N) is 3. The third kappa shape index (κ3) is 4.39. The van der Waals surface area contributed by atoms with Crippen LogP contribution < -0.4 is 5.32 Å². The minimum absolute atomic E-state index is 0.0896. The standard InChI is InChI=1S/C17H22N4O2/c22-16(5-4-14-6-11-23-12-7-14)19-13-15-3-1-8-18-17(15)21-10-2-9-20-21/h1-3,8-10,14H,4-7,11-13H2,(H,19,22). The fraction of sp³-hybridized carbons (Fsp3) is 0.471. The maximum absolute atomic E-state index is 12.1. The van der Waals surface area contributed by atoms with Crippen LogP contribution in [0.4, 0.5) is 0 Å². The molecule has 6 heteroatoms. The monoisotopic (exact) mass is 314 g/mol. The van der Waals surface area contributed by atoms with Crippen molar-refractivity contribution in [3.05, 3.63) is 42.4 Å². The van der Waals surface area contributed by atoms with Gasteiger partial charge in [-0.25, -0.2) is 9.67 Å². The average Bonchev–Trinajstić information content (AvgIpc) is 3.14. The minimum atomic E-state index is 0.0896. The van der Waals surface area contributed by atoms with E-state index in [2.05, 4.69) is 15.4 Å². The van der Waals surface area contributed by atoms with Crippen molar-refractivity contribution in [2.75, 3.05) is 13.2 Å². The summed E-state index contributed by atoms with van der Waals surface area (Å²) in [5.74, 6) is 1.46. The Labute approximate surface area is 135 Å². The number of pyridine rings is 1. The molecule has 0 aromatic carbocycles. The van der Waals surface area contributed by atoms with E-state index in [1.165, 1.54) is 0 Å². The third-order valence-electron chi connectivity index (χ3n) is 4.19. The molecule has 6 nitrogen and oxygen atoms in total. The van der Waals surface area contributed by atoms with Crippen molar-refractivity contribution in [1.29, 1.82) is 0 Å². The Kier molecular flexibility index (Phi) is 5.37. The summed E-state index contributed by atoms with van der Waals surface area (Å²) in [5.41, 5.74) is 0.954. The Hall–Kier alpha value is -2.21. The van der Waals surface area contributed by atoms with Gasteiger partial charge in [-0.2, -0.15) is 5.10 Å². The lowest BCUT2D eigenvalue weighted by atomic mass is 9.95. The molecular formula is C17H22N4O2. The summed E-state index contributed by atoms with van der Waals surface area (Å²) in [6.07, 6.45) is 8.94. The normalized spacial score (nSPS) is 15.5. The average molecular weight is 314 g/mol. The molecule has 0 spiro atoms. The third-order valence-corrected chi connectivity index (χ3v) is 4.19. The van der Waals surface area contributed by atoms with Crippen LogP contribution in [0.1, 0.15) is 31.2 Å². The van der Waals surface area contributed by atoms with Gasteiger partial charge in [0, 0.05) is 50.3 Å². The van der Waals surface area contributed by atoms with E-state index >= 15 is 0 Å². The van der Waals surface area contributed by atoms with Crippen LogP contribution in [-0.2, 0) is 16.1 Å². The Bertz CT molecular complexity index is 621. The molecular weight excluding hydrogens is 292 g/mol. The van der Waals surface area contributed by atoms with Crippen LogP contribution in [0.25, 0.3) is 5.82 Å². The van der Waals surface area contributed by atoms with E-state index in [4.69, 9.17) is 4.74 Å². The zero-order valence-corrected chi connectivity index (χ0v) is 13.1. The van der Waals surface area contributed by atoms with Crippen molar-refractivity contribution < 1.29 is 9.53 Å². The fourth-order valence-corrected chi connectivity index (χ4v) is 2.82. The van der Waals surface area contributed by atoms with Crippen LogP contribution in [0.15, 0.2) is 36.8 Å². The van der Waals surface area contributed by atoms with Gasteiger partial charge in [0.1, 0.15) is 0 Å². The number of aromatic nitrogens is 3. The summed E-state index contributed by atoms with van der Waals surface area (Å²) >= 11 is 0. The highest BCUT2D eigenvalue weighted by Crippen LogP contribution is 2.19. The smallest absolute Gasteiger partial charge is 0.220 e. The van der Waals surface area contributed by atoms with Gasteiger partial charge in [0.2, 0.25) is 5.91 Å². The highest BCUT2D eigenvalue weighted by molar-refractivity contribution is 5.75. The molecule has 1 aliphatic rings. The van der Waals surface area contributed by atoms with Crippen molar-refractivity contribution in [3.63, 3.8) is 0 Å². The van der Waals surface area contributed by atoms with Gasteiger partial charge in [-0.3, -0.25) is 4.79 Å². The van der Waals surface area contributed by atoms with Crippen LogP contribution in [0.3, 0.4) is 0 Å². The molecule has 122 valence electrons. The molecule has 1 N–H and O–H groups in total. The van der Waals surface area contributed by atoms with Crippen LogP contribution >= 0.6 is 0 Å². The summed E-state index contributed by atoms with van der Waals surface area (Å²) in [6, 6.07) is 5.68. The van der Waals surface area contributed by atoms with Gasteiger partial charge in [0.15, 0.2) is 5.82 Å². The molecule has 1 amide bonds. The van der Waals surface area contributed by atoms with E-state index in [0.717, 1.165) is 43.9 Å². The first-order chi connectivity index (χ1) is 11.3. The SMILES string of the molecule is O=C(CCC1CCOCC1)NCc1cccnc1-n1cccn1. The number of amides is 1. The molecule has 23 heavy (non-hydrogen) atoms. The first kappa shape index (κ1) is 15.7. The van der Waals surface area contributed by atoms with E-state index in [0.29, 0.717) is 18.9 Å². The van der Waals surface area contributed by atoms with Gasteiger partial charge < -0.3 is 10.1 Å². The molecule has 2 aromatic rings. The summed E-state index contributed by atoms with van der Waals surface area (Å²) in [6.45, 7) is 2.13. The molecule has 0 saturated carbocycles. The van der Waals surface area contributed by atoms with Crippen molar-refractivity contribution in [1.82, 2.24) is 20.1 Å². The second-order valence-electron chi connectivity index (χ2n) is 5.81. The fourth-order valence-electron chi connectivity index (χ4n) is 2.82. The van der Waals surface area contributed by atoms with Gasteiger partial charge in [-0.1, -0.05) is 6.07 Å². The Morgan fingerprint density at radius 2 is 2.17 bits per heavy atom. The quantitative estimate of drug-likeness (QED) is 0.886. The van der Waals surface area contributed by atoms with E-state index in [9.17, 15) is 4.79 Å². The Morgan fingerprint density at radius 3 is 2.96 bits per heavy atom. The number of nitrogens with one attached hydrogen (secondary N) is 1. The Morgan fingerprint density at radius 1 is 1.30 bits per heavy atom. The van der Waals surface area contributed by atoms with Crippen molar-refractivity contribution in [2.45, 2.75) is 32.2 Å². The predicted molar refractivity (Wildman–Crippen MR) is 86.0 cm³/mol. The van der Waals surface area contributed by atoms with E-state index in [-0.39, 0.29) is 5.91 Å². The summed E-state index contributed by atoms with van der Waals surface area (Å²) < 4.78 is 7.06. The van der Waals surface area contributed by atoms with Crippen molar-refractivity contribution >= 4 is 5.91 Å². The summed E-state index contributed by atoms with van der Waals surface area (Å²) in [4.78, 5) is 16.4. The first-order valence-electron chi connectivity index (χ1n) is 8.11. The number of carbonyl (C=O) groups excluding carboxylic acids is 1. The van der Waals surface area contributed by atoms with E-state index < -0.39 is 0 Å². The van der Waals surface area contributed by atoms with Gasteiger partial charge >= 0.3 is 0 Å².